The summed E-state index contributed by atoms with van der Waals surface area (Å²) in [6.07, 6.45) is 0. The molecule has 0 saturated heterocycles. The van der Waals surface area contributed by atoms with Crippen LogP contribution >= 0.6 is 0 Å². The summed E-state index contributed by atoms with van der Waals surface area (Å²) < 4.78 is 29.8. The van der Waals surface area contributed by atoms with Crippen LogP contribution in [0.1, 0.15) is 32.6 Å². The average Bonchev–Trinajstić information content (AvgIpc) is 2.81. The first-order valence-electron chi connectivity index (χ1n) is 7.00. The molecule has 6 heteroatoms. The second kappa shape index (κ2) is 4.87. The van der Waals surface area contributed by atoms with Crippen LogP contribution in [0.15, 0.2) is 18.2 Å². The van der Waals surface area contributed by atoms with Crippen molar-refractivity contribution in [3.05, 3.63) is 35.7 Å². The van der Waals surface area contributed by atoms with Gasteiger partial charge in [-0.2, -0.15) is 0 Å². The van der Waals surface area contributed by atoms with Crippen molar-refractivity contribution in [1.82, 2.24) is 20.1 Å². The Morgan fingerprint density at radius 2 is 1.86 bits per heavy atom. The van der Waals surface area contributed by atoms with Gasteiger partial charge in [-0.15, -0.1) is 10.2 Å². The lowest BCUT2D eigenvalue weighted by atomic mass is 9.85. The number of rotatable bonds is 1. The molecule has 0 amide bonds. The number of fused-ring (bicyclic) bond motifs is 1. The Labute approximate surface area is 122 Å². The molecule has 1 aliphatic rings. The maximum absolute atomic E-state index is 14.0. The summed E-state index contributed by atoms with van der Waals surface area (Å²) in [5, 5.41) is 11.6. The molecule has 0 saturated carbocycles. The number of halogens is 2. The minimum Gasteiger partial charge on any atom is -0.308 e. The first-order valence-corrected chi connectivity index (χ1v) is 7.00. The van der Waals surface area contributed by atoms with E-state index in [0.717, 1.165) is 12.4 Å². The van der Waals surface area contributed by atoms with E-state index in [9.17, 15) is 8.78 Å². The van der Waals surface area contributed by atoms with Gasteiger partial charge < -0.3 is 9.88 Å². The van der Waals surface area contributed by atoms with Gasteiger partial charge in [0.25, 0.3) is 0 Å². The molecule has 0 spiro atoms. The zero-order valence-electron chi connectivity index (χ0n) is 12.3. The molecular weight excluding hydrogens is 274 g/mol. The van der Waals surface area contributed by atoms with E-state index in [-0.39, 0.29) is 22.8 Å². The summed E-state index contributed by atoms with van der Waals surface area (Å²) in [4.78, 5) is 0. The van der Waals surface area contributed by atoms with E-state index >= 15 is 0 Å². The minimum absolute atomic E-state index is 0.00216. The molecule has 1 unspecified atom stereocenters. The third-order valence-electron chi connectivity index (χ3n) is 3.77. The normalized spacial score (nSPS) is 18.6. The zero-order valence-corrected chi connectivity index (χ0v) is 12.3. The lowest BCUT2D eigenvalue weighted by molar-refractivity contribution is 0.233. The molecule has 2 aromatic rings. The van der Waals surface area contributed by atoms with Crippen molar-refractivity contribution in [3.63, 3.8) is 0 Å². The van der Waals surface area contributed by atoms with E-state index in [0.29, 0.717) is 6.54 Å². The standard InChI is InChI=1S/C15H18F2N4/c1-15(2,3)12-14-20-19-13(21(14)8-7-18-12)11-9(16)5-4-6-10(11)17/h4-6,12,18H,7-8H2,1-3H3. The predicted octanol–water partition coefficient (Wildman–Crippen LogP) is 2.91. The summed E-state index contributed by atoms with van der Waals surface area (Å²) >= 11 is 0. The van der Waals surface area contributed by atoms with Crippen LogP contribution < -0.4 is 5.32 Å². The van der Waals surface area contributed by atoms with Crippen molar-refractivity contribution in [2.75, 3.05) is 6.54 Å². The SMILES string of the molecule is CC(C)(C)C1NCCn2c(-c3c(F)cccc3F)nnc21. The van der Waals surface area contributed by atoms with Gasteiger partial charge in [-0.3, -0.25) is 0 Å². The smallest absolute Gasteiger partial charge is 0.170 e. The summed E-state index contributed by atoms with van der Waals surface area (Å²) in [6, 6.07) is 3.83. The Morgan fingerprint density at radius 3 is 2.48 bits per heavy atom. The van der Waals surface area contributed by atoms with Crippen LogP contribution in [-0.2, 0) is 6.54 Å². The molecular formula is C15H18F2N4. The molecule has 1 atom stereocenters. The molecule has 2 heterocycles. The fourth-order valence-electron chi connectivity index (χ4n) is 2.75. The van der Waals surface area contributed by atoms with Crippen molar-refractivity contribution in [1.29, 1.82) is 0 Å². The second-order valence-electron chi connectivity index (χ2n) is 6.38. The number of nitrogens with one attached hydrogen (secondary N) is 1. The maximum atomic E-state index is 14.0. The Morgan fingerprint density at radius 1 is 1.19 bits per heavy atom. The number of hydrogen-bond donors (Lipinski definition) is 1. The molecule has 21 heavy (non-hydrogen) atoms. The van der Waals surface area contributed by atoms with E-state index in [4.69, 9.17) is 0 Å². The van der Waals surface area contributed by atoms with Gasteiger partial charge in [-0.25, -0.2) is 8.78 Å². The molecule has 0 bridgehead atoms. The summed E-state index contributed by atoms with van der Waals surface area (Å²) in [5.41, 5.74) is -0.165. The van der Waals surface area contributed by atoms with Crippen molar-refractivity contribution in [2.24, 2.45) is 5.41 Å². The van der Waals surface area contributed by atoms with E-state index in [2.05, 4.69) is 36.3 Å². The minimum atomic E-state index is -0.615. The van der Waals surface area contributed by atoms with Crippen molar-refractivity contribution in [2.45, 2.75) is 33.4 Å². The molecule has 0 aliphatic carbocycles. The predicted molar refractivity (Wildman–Crippen MR) is 75.6 cm³/mol. The number of aromatic nitrogens is 3. The van der Waals surface area contributed by atoms with Crippen LogP contribution in [-0.4, -0.2) is 21.3 Å². The van der Waals surface area contributed by atoms with E-state index in [1.54, 1.807) is 0 Å². The Hall–Kier alpha value is -1.82. The molecule has 0 radical (unpaired) electrons. The lowest BCUT2D eigenvalue weighted by Gasteiger charge is -2.34. The monoisotopic (exact) mass is 292 g/mol. The molecule has 1 aliphatic heterocycles. The largest absolute Gasteiger partial charge is 0.308 e. The van der Waals surface area contributed by atoms with Crippen molar-refractivity contribution < 1.29 is 8.78 Å². The summed E-state index contributed by atoms with van der Waals surface area (Å²) in [5.74, 6) is -0.241. The third kappa shape index (κ3) is 2.33. The Kier molecular flexibility index (Phi) is 3.28. The third-order valence-corrected chi connectivity index (χ3v) is 3.77. The average molecular weight is 292 g/mol. The van der Waals surface area contributed by atoms with Crippen molar-refractivity contribution >= 4 is 0 Å². The summed E-state index contributed by atoms with van der Waals surface area (Å²) in [7, 11) is 0. The Balaban J connectivity index is 2.14. The van der Waals surface area contributed by atoms with Gasteiger partial charge in [0.1, 0.15) is 11.6 Å². The Bertz CT molecular complexity index is 653. The van der Waals surface area contributed by atoms with Gasteiger partial charge in [0.15, 0.2) is 11.6 Å². The molecule has 4 nitrogen and oxygen atoms in total. The molecule has 0 fully saturated rings. The van der Waals surface area contributed by atoms with Gasteiger partial charge in [0.2, 0.25) is 0 Å². The molecule has 1 aromatic heterocycles. The molecule has 3 rings (SSSR count). The van der Waals surface area contributed by atoms with Gasteiger partial charge in [0.05, 0.1) is 11.6 Å². The number of hydrogen-bond acceptors (Lipinski definition) is 3. The van der Waals surface area contributed by atoms with Gasteiger partial charge >= 0.3 is 0 Å². The number of nitrogens with zero attached hydrogens (tertiary/aromatic N) is 3. The molecule has 1 N–H and O–H groups in total. The highest BCUT2D eigenvalue weighted by molar-refractivity contribution is 5.57. The van der Waals surface area contributed by atoms with Crippen LogP contribution in [0, 0.1) is 17.0 Å². The van der Waals surface area contributed by atoms with E-state index in [1.165, 1.54) is 18.2 Å². The van der Waals surface area contributed by atoms with E-state index in [1.807, 2.05) is 4.57 Å². The topological polar surface area (TPSA) is 42.7 Å². The highest BCUT2D eigenvalue weighted by atomic mass is 19.1. The first kappa shape index (κ1) is 14.1. The van der Waals surface area contributed by atoms with Gasteiger partial charge in [-0.05, 0) is 17.5 Å². The zero-order chi connectivity index (χ0) is 15.2. The summed E-state index contributed by atoms with van der Waals surface area (Å²) in [6.45, 7) is 7.60. The highest BCUT2D eigenvalue weighted by Crippen LogP contribution is 2.35. The first-order chi connectivity index (χ1) is 9.89. The maximum Gasteiger partial charge on any atom is 0.170 e. The second-order valence-corrected chi connectivity index (χ2v) is 6.38. The fourth-order valence-corrected chi connectivity index (χ4v) is 2.75. The fraction of sp³-hybridized carbons (Fsp3) is 0.467. The van der Waals surface area contributed by atoms with Crippen LogP contribution in [0.4, 0.5) is 8.78 Å². The van der Waals surface area contributed by atoms with Gasteiger partial charge in [-0.1, -0.05) is 26.8 Å². The highest BCUT2D eigenvalue weighted by Gasteiger charge is 2.34. The molecule has 112 valence electrons. The molecule has 1 aromatic carbocycles. The van der Waals surface area contributed by atoms with Crippen LogP contribution in [0.2, 0.25) is 0 Å². The number of benzene rings is 1. The quantitative estimate of drug-likeness (QED) is 0.879. The van der Waals surface area contributed by atoms with Crippen LogP contribution in [0.25, 0.3) is 11.4 Å². The van der Waals surface area contributed by atoms with Crippen molar-refractivity contribution in [3.8, 4) is 11.4 Å². The van der Waals surface area contributed by atoms with Crippen LogP contribution in [0.3, 0.4) is 0 Å². The van der Waals surface area contributed by atoms with Gasteiger partial charge in [0, 0.05) is 13.1 Å². The lowest BCUT2D eigenvalue weighted by Crippen LogP contribution is -2.40. The van der Waals surface area contributed by atoms with Crippen LogP contribution in [0.5, 0.6) is 0 Å². The van der Waals surface area contributed by atoms with E-state index < -0.39 is 11.6 Å².